The van der Waals surface area contributed by atoms with E-state index in [1.165, 1.54) is 7.11 Å². The Morgan fingerprint density at radius 1 is 1.21 bits per heavy atom. The number of nitrogens with one attached hydrogen (secondary N) is 1. The Balaban J connectivity index is 1.82. The number of methoxy groups -OCH3 is 1. The first-order valence-electron chi connectivity index (χ1n) is 9.10. The number of hydrogen-bond donors (Lipinski definition) is 1. The van der Waals surface area contributed by atoms with Crippen molar-refractivity contribution in [1.82, 2.24) is 5.32 Å². The lowest BCUT2D eigenvalue weighted by Gasteiger charge is -2.36. The molecular weight excluding hydrogens is 378 g/mol. The van der Waals surface area contributed by atoms with Gasteiger partial charge in [0, 0.05) is 40.2 Å². The highest BCUT2D eigenvalue weighted by molar-refractivity contribution is 6.30. The van der Waals surface area contributed by atoms with E-state index in [9.17, 15) is 9.59 Å². The molecule has 2 heterocycles. The lowest BCUT2D eigenvalue weighted by Crippen LogP contribution is -2.35. The Morgan fingerprint density at radius 2 is 1.96 bits per heavy atom. The van der Waals surface area contributed by atoms with Gasteiger partial charge in [0.15, 0.2) is 5.78 Å². The number of allylic oxidation sites excluding steroid dienone is 3. The van der Waals surface area contributed by atoms with Gasteiger partial charge in [-0.1, -0.05) is 23.7 Å². The zero-order valence-corrected chi connectivity index (χ0v) is 16.4. The van der Waals surface area contributed by atoms with Crippen LogP contribution in [0.15, 0.2) is 69.6 Å². The maximum atomic E-state index is 13.2. The Morgan fingerprint density at radius 3 is 2.61 bits per heavy atom. The Bertz CT molecular complexity index is 986. The van der Waals surface area contributed by atoms with Gasteiger partial charge in [-0.2, -0.15) is 0 Å². The number of Topliss-reactive ketones (excluding diaryl/α,β-unsaturated/α-hetero) is 1. The van der Waals surface area contributed by atoms with Crippen LogP contribution in [0.5, 0.6) is 0 Å². The molecule has 0 saturated heterocycles. The number of esters is 1. The first kappa shape index (κ1) is 18.6. The Labute approximate surface area is 168 Å². The maximum absolute atomic E-state index is 13.2. The van der Waals surface area contributed by atoms with Crippen molar-refractivity contribution >= 4 is 23.4 Å². The van der Waals surface area contributed by atoms with E-state index >= 15 is 0 Å². The summed E-state index contributed by atoms with van der Waals surface area (Å²) in [5.74, 6) is -0.148. The molecule has 4 rings (SSSR count). The predicted molar refractivity (Wildman–Crippen MR) is 105 cm³/mol. The van der Waals surface area contributed by atoms with Crippen molar-refractivity contribution in [3.63, 3.8) is 0 Å². The Hall–Kier alpha value is -2.79. The average Bonchev–Trinajstić information content (AvgIpc) is 3.21. The topological polar surface area (TPSA) is 68.5 Å². The van der Waals surface area contributed by atoms with E-state index in [0.717, 1.165) is 17.0 Å². The summed E-state index contributed by atoms with van der Waals surface area (Å²) in [5, 5.41) is 3.88. The number of carbonyl (C=O) groups is 2. The lowest BCUT2D eigenvalue weighted by molar-refractivity contribution is -0.136. The third-order valence-corrected chi connectivity index (χ3v) is 5.63. The largest absolute Gasteiger partial charge is 0.469 e. The molecule has 0 radical (unpaired) electrons. The quantitative estimate of drug-likeness (QED) is 0.774. The number of rotatable bonds is 3. The number of halogens is 1. The molecule has 1 aromatic heterocycles. The van der Waals surface area contributed by atoms with Crippen molar-refractivity contribution in [3.8, 4) is 0 Å². The average molecular weight is 398 g/mol. The molecule has 2 aromatic rings. The minimum atomic E-state index is -0.481. The molecule has 0 saturated carbocycles. The summed E-state index contributed by atoms with van der Waals surface area (Å²) in [5.41, 5.74) is 3.44. The van der Waals surface area contributed by atoms with Gasteiger partial charge < -0.3 is 14.5 Å². The van der Waals surface area contributed by atoms with Crippen molar-refractivity contribution in [3.05, 3.63) is 81.5 Å². The van der Waals surface area contributed by atoms with Gasteiger partial charge in [-0.25, -0.2) is 4.79 Å². The molecule has 0 fully saturated rings. The highest BCUT2D eigenvalue weighted by Gasteiger charge is 2.41. The van der Waals surface area contributed by atoms with Crippen LogP contribution in [0.1, 0.15) is 42.9 Å². The van der Waals surface area contributed by atoms with Crippen molar-refractivity contribution in [2.24, 2.45) is 0 Å². The van der Waals surface area contributed by atoms with Gasteiger partial charge in [0.05, 0.1) is 18.9 Å². The Kier molecular flexibility index (Phi) is 4.85. The fourth-order valence-corrected chi connectivity index (χ4v) is 4.26. The summed E-state index contributed by atoms with van der Waals surface area (Å²) in [6.45, 7) is 1.83. The van der Waals surface area contributed by atoms with E-state index in [-0.39, 0.29) is 11.7 Å². The summed E-state index contributed by atoms with van der Waals surface area (Å²) in [6, 6.07) is 11.0. The van der Waals surface area contributed by atoms with E-state index in [1.54, 1.807) is 18.4 Å². The third-order valence-electron chi connectivity index (χ3n) is 5.38. The molecule has 1 aromatic carbocycles. The molecule has 5 nitrogen and oxygen atoms in total. The van der Waals surface area contributed by atoms with E-state index < -0.39 is 11.9 Å². The minimum Gasteiger partial charge on any atom is -0.469 e. The van der Waals surface area contributed by atoms with Crippen LogP contribution in [0.3, 0.4) is 0 Å². The molecule has 1 N–H and O–H groups in total. The van der Waals surface area contributed by atoms with Gasteiger partial charge in [-0.3, -0.25) is 4.79 Å². The molecular formula is C22H20ClNO4. The molecule has 6 heteroatoms. The zero-order valence-electron chi connectivity index (χ0n) is 15.6. The van der Waals surface area contributed by atoms with Gasteiger partial charge in [0.1, 0.15) is 5.76 Å². The summed E-state index contributed by atoms with van der Waals surface area (Å²) < 4.78 is 10.5. The first-order valence-corrected chi connectivity index (χ1v) is 9.48. The van der Waals surface area contributed by atoms with Gasteiger partial charge in [-0.05, 0) is 43.2 Å². The van der Waals surface area contributed by atoms with Crippen LogP contribution < -0.4 is 5.32 Å². The highest BCUT2D eigenvalue weighted by Crippen LogP contribution is 2.45. The first-order chi connectivity index (χ1) is 13.5. The monoisotopic (exact) mass is 397 g/mol. The molecule has 0 amide bonds. The second-order valence-corrected chi connectivity index (χ2v) is 7.51. The van der Waals surface area contributed by atoms with E-state index in [2.05, 4.69) is 5.32 Å². The molecule has 0 spiro atoms. The summed E-state index contributed by atoms with van der Waals surface area (Å²) in [6.07, 6.45) is 2.60. The van der Waals surface area contributed by atoms with Gasteiger partial charge in [0.2, 0.25) is 0 Å². The van der Waals surface area contributed by atoms with E-state index in [1.807, 2.05) is 31.2 Å². The van der Waals surface area contributed by atoms with Gasteiger partial charge >= 0.3 is 5.97 Å². The van der Waals surface area contributed by atoms with Crippen LogP contribution >= 0.6 is 11.6 Å². The molecule has 28 heavy (non-hydrogen) atoms. The summed E-state index contributed by atoms with van der Waals surface area (Å²) >= 11 is 6.04. The van der Waals surface area contributed by atoms with Gasteiger partial charge in [-0.15, -0.1) is 0 Å². The molecule has 144 valence electrons. The number of furan rings is 1. The second-order valence-electron chi connectivity index (χ2n) is 7.08. The number of ketones is 1. The molecule has 1 aliphatic carbocycles. The van der Waals surface area contributed by atoms with Crippen LogP contribution in [0.4, 0.5) is 0 Å². The lowest BCUT2D eigenvalue weighted by atomic mass is 9.72. The maximum Gasteiger partial charge on any atom is 0.336 e. The van der Waals surface area contributed by atoms with Crippen molar-refractivity contribution in [2.45, 2.75) is 31.6 Å². The number of ether oxygens (including phenoxy) is 1. The van der Waals surface area contributed by atoms with Crippen LogP contribution in [-0.2, 0) is 14.3 Å². The summed E-state index contributed by atoms with van der Waals surface area (Å²) in [7, 11) is 1.35. The molecule has 0 bridgehead atoms. The van der Waals surface area contributed by atoms with E-state index in [4.69, 9.17) is 20.8 Å². The number of benzene rings is 1. The number of carbonyl (C=O) groups excluding carboxylic acids is 2. The normalized spacial score (nSPS) is 22.0. The SMILES string of the molecule is COC(=O)C1=C(C)NC2=C(C(=O)C[C@H](c3ccco3)C2)[C@H]1c1ccc(Cl)cc1. The molecule has 2 aliphatic rings. The van der Waals surface area contributed by atoms with Crippen molar-refractivity contribution in [1.29, 1.82) is 0 Å². The predicted octanol–water partition coefficient (Wildman–Crippen LogP) is 4.47. The summed E-state index contributed by atoms with van der Waals surface area (Å²) in [4.78, 5) is 25.8. The zero-order chi connectivity index (χ0) is 19.8. The number of dihydropyridines is 1. The van der Waals surface area contributed by atoms with Gasteiger partial charge in [0.25, 0.3) is 0 Å². The van der Waals surface area contributed by atoms with Crippen LogP contribution in [-0.4, -0.2) is 18.9 Å². The van der Waals surface area contributed by atoms with Crippen LogP contribution in [0, 0.1) is 0 Å². The smallest absolute Gasteiger partial charge is 0.336 e. The number of hydrogen-bond acceptors (Lipinski definition) is 5. The van der Waals surface area contributed by atoms with Crippen LogP contribution in [0.25, 0.3) is 0 Å². The van der Waals surface area contributed by atoms with E-state index in [0.29, 0.717) is 34.7 Å². The minimum absolute atomic E-state index is 0.00371. The van der Waals surface area contributed by atoms with Crippen molar-refractivity contribution < 1.29 is 18.7 Å². The fraction of sp³-hybridized carbons (Fsp3) is 0.273. The van der Waals surface area contributed by atoms with Crippen molar-refractivity contribution in [2.75, 3.05) is 7.11 Å². The second kappa shape index (κ2) is 7.32. The highest BCUT2D eigenvalue weighted by atomic mass is 35.5. The molecule has 1 aliphatic heterocycles. The standard InChI is InChI=1S/C22H20ClNO4/c1-12-19(22(26)27-2)20(13-5-7-15(23)8-6-13)21-16(24-12)10-14(11-17(21)25)18-4-3-9-28-18/h3-9,14,20,24H,10-11H2,1-2H3/t14-,20+/m1/s1. The molecule has 0 unspecified atom stereocenters. The van der Waals surface area contributed by atoms with Crippen LogP contribution in [0.2, 0.25) is 5.02 Å². The fourth-order valence-electron chi connectivity index (χ4n) is 4.13. The molecule has 2 atom stereocenters. The third kappa shape index (κ3) is 3.16.